The average Bonchev–Trinajstić information content (AvgIpc) is 3.09. The molecule has 0 spiro atoms. The lowest BCUT2D eigenvalue weighted by Gasteiger charge is -2.05. The van der Waals surface area contributed by atoms with Crippen LogP contribution < -0.4 is 5.73 Å². The van der Waals surface area contributed by atoms with E-state index in [4.69, 9.17) is 26.5 Å². The SMILES string of the molecule is Nc1cc([N+](=O)[O-])ccc1C(=O)OCc1nnc(-c2ccc(Cl)cc2)o1. The molecule has 26 heavy (non-hydrogen) atoms. The smallest absolute Gasteiger partial charge is 0.340 e. The van der Waals surface area contributed by atoms with Gasteiger partial charge in [-0.2, -0.15) is 0 Å². The van der Waals surface area contributed by atoms with Gasteiger partial charge in [0, 0.05) is 22.7 Å². The van der Waals surface area contributed by atoms with Crippen LogP contribution in [0.5, 0.6) is 0 Å². The number of non-ortho nitro benzene ring substituents is 1. The number of nitro groups is 1. The first kappa shape index (κ1) is 17.4. The fraction of sp³-hybridized carbons (Fsp3) is 0.0625. The summed E-state index contributed by atoms with van der Waals surface area (Å²) in [5, 5.41) is 18.9. The van der Waals surface area contributed by atoms with Crippen LogP contribution in [0.25, 0.3) is 11.5 Å². The summed E-state index contributed by atoms with van der Waals surface area (Å²) >= 11 is 5.82. The molecule has 0 aliphatic carbocycles. The number of nitrogens with two attached hydrogens (primary N) is 1. The number of hydrogen-bond acceptors (Lipinski definition) is 8. The summed E-state index contributed by atoms with van der Waals surface area (Å²) in [5.74, 6) is -0.421. The molecule has 3 rings (SSSR count). The zero-order valence-electron chi connectivity index (χ0n) is 13.1. The molecule has 1 aromatic heterocycles. The molecule has 0 aliphatic rings. The molecular formula is C16H11ClN4O5. The van der Waals surface area contributed by atoms with Crippen LogP contribution in [-0.2, 0) is 11.3 Å². The van der Waals surface area contributed by atoms with Crippen molar-refractivity contribution in [2.45, 2.75) is 6.61 Å². The number of nitrogen functional groups attached to an aromatic ring is 1. The van der Waals surface area contributed by atoms with Gasteiger partial charge in [-0.3, -0.25) is 10.1 Å². The maximum absolute atomic E-state index is 12.1. The van der Waals surface area contributed by atoms with Gasteiger partial charge in [0.25, 0.3) is 11.6 Å². The van der Waals surface area contributed by atoms with Crippen LogP contribution in [0.2, 0.25) is 5.02 Å². The standard InChI is InChI=1S/C16H11ClN4O5/c17-10-3-1-9(2-4-10)15-20-19-14(26-15)8-25-16(22)12-6-5-11(21(23)24)7-13(12)18/h1-7H,8,18H2. The minimum atomic E-state index is -0.761. The average molecular weight is 375 g/mol. The molecule has 10 heteroatoms. The maximum Gasteiger partial charge on any atom is 0.340 e. The van der Waals surface area contributed by atoms with E-state index in [0.29, 0.717) is 10.6 Å². The Balaban J connectivity index is 1.67. The van der Waals surface area contributed by atoms with Crippen molar-refractivity contribution in [1.29, 1.82) is 0 Å². The first-order valence-corrected chi connectivity index (χ1v) is 7.61. The molecule has 0 atom stereocenters. The van der Waals surface area contributed by atoms with Crippen molar-refractivity contribution in [2.75, 3.05) is 5.73 Å². The van der Waals surface area contributed by atoms with E-state index in [1.807, 2.05) is 0 Å². The van der Waals surface area contributed by atoms with E-state index in [9.17, 15) is 14.9 Å². The molecule has 0 radical (unpaired) electrons. The molecular weight excluding hydrogens is 364 g/mol. The Morgan fingerprint density at radius 2 is 1.96 bits per heavy atom. The van der Waals surface area contributed by atoms with Crippen molar-refractivity contribution in [2.24, 2.45) is 0 Å². The van der Waals surface area contributed by atoms with Gasteiger partial charge in [-0.25, -0.2) is 4.79 Å². The van der Waals surface area contributed by atoms with Crippen LogP contribution in [-0.4, -0.2) is 21.1 Å². The number of rotatable bonds is 5. The van der Waals surface area contributed by atoms with Crippen LogP contribution >= 0.6 is 11.6 Å². The number of benzene rings is 2. The lowest BCUT2D eigenvalue weighted by molar-refractivity contribution is -0.384. The molecule has 0 amide bonds. The third-order valence-corrected chi connectivity index (χ3v) is 3.60. The van der Waals surface area contributed by atoms with Gasteiger partial charge in [0.15, 0.2) is 6.61 Å². The molecule has 2 aromatic carbocycles. The Morgan fingerprint density at radius 1 is 1.23 bits per heavy atom. The second-order valence-electron chi connectivity index (χ2n) is 5.11. The number of nitrogens with zero attached hydrogens (tertiary/aromatic N) is 3. The third kappa shape index (κ3) is 3.78. The van der Waals surface area contributed by atoms with E-state index in [2.05, 4.69) is 10.2 Å². The van der Waals surface area contributed by atoms with Crippen LogP contribution in [0.1, 0.15) is 16.2 Å². The first-order valence-electron chi connectivity index (χ1n) is 7.23. The van der Waals surface area contributed by atoms with Crippen LogP contribution in [0, 0.1) is 10.1 Å². The Morgan fingerprint density at radius 3 is 2.62 bits per heavy atom. The second-order valence-corrected chi connectivity index (χ2v) is 5.55. The first-order chi connectivity index (χ1) is 12.4. The molecule has 1 heterocycles. The molecule has 0 saturated heterocycles. The molecule has 0 saturated carbocycles. The summed E-state index contributed by atoms with van der Waals surface area (Å²) in [5.41, 5.74) is 6.05. The van der Waals surface area contributed by atoms with Crippen molar-refractivity contribution in [3.63, 3.8) is 0 Å². The lowest BCUT2D eigenvalue weighted by atomic mass is 10.1. The number of carbonyl (C=O) groups is 1. The molecule has 132 valence electrons. The van der Waals surface area contributed by atoms with Crippen molar-refractivity contribution >= 4 is 28.9 Å². The minimum Gasteiger partial charge on any atom is -0.452 e. The number of carbonyl (C=O) groups excluding carboxylic acids is 1. The highest BCUT2D eigenvalue weighted by molar-refractivity contribution is 6.30. The Hall–Kier alpha value is -3.46. The Kier molecular flexibility index (Phi) is 4.81. The predicted molar refractivity (Wildman–Crippen MR) is 91.4 cm³/mol. The van der Waals surface area contributed by atoms with Gasteiger partial charge >= 0.3 is 5.97 Å². The number of hydrogen-bond donors (Lipinski definition) is 1. The molecule has 0 fully saturated rings. The van der Waals surface area contributed by atoms with E-state index in [1.54, 1.807) is 24.3 Å². The fourth-order valence-corrected chi connectivity index (χ4v) is 2.20. The van der Waals surface area contributed by atoms with Gasteiger partial charge in [0.2, 0.25) is 5.89 Å². The molecule has 9 nitrogen and oxygen atoms in total. The van der Waals surface area contributed by atoms with Crippen molar-refractivity contribution in [3.8, 4) is 11.5 Å². The van der Waals surface area contributed by atoms with Gasteiger partial charge in [-0.15, -0.1) is 10.2 Å². The van der Waals surface area contributed by atoms with E-state index in [1.165, 1.54) is 6.07 Å². The van der Waals surface area contributed by atoms with Crippen LogP contribution in [0.4, 0.5) is 11.4 Å². The summed E-state index contributed by atoms with van der Waals surface area (Å²) < 4.78 is 10.5. The molecule has 0 unspecified atom stereocenters. The predicted octanol–water partition coefficient (Wildman–Crippen LogP) is 3.24. The van der Waals surface area contributed by atoms with Crippen molar-refractivity contribution in [1.82, 2.24) is 10.2 Å². The topological polar surface area (TPSA) is 134 Å². The van der Waals surface area contributed by atoms with Gasteiger partial charge < -0.3 is 14.9 Å². The highest BCUT2D eigenvalue weighted by Gasteiger charge is 2.17. The largest absolute Gasteiger partial charge is 0.452 e. The van der Waals surface area contributed by atoms with E-state index < -0.39 is 10.9 Å². The number of ether oxygens (including phenoxy) is 1. The van der Waals surface area contributed by atoms with Crippen LogP contribution in [0.15, 0.2) is 46.9 Å². The quantitative estimate of drug-likeness (QED) is 0.311. The number of aromatic nitrogens is 2. The summed E-state index contributed by atoms with van der Waals surface area (Å²) in [7, 11) is 0. The number of esters is 1. The molecule has 0 aliphatic heterocycles. The monoisotopic (exact) mass is 374 g/mol. The molecule has 2 N–H and O–H groups in total. The zero-order chi connectivity index (χ0) is 18.7. The zero-order valence-corrected chi connectivity index (χ0v) is 13.8. The number of anilines is 1. The summed E-state index contributed by atoms with van der Waals surface area (Å²) in [6.45, 7) is -0.268. The minimum absolute atomic E-state index is 0.00744. The summed E-state index contributed by atoms with van der Waals surface area (Å²) in [4.78, 5) is 22.1. The normalized spacial score (nSPS) is 10.5. The van der Waals surface area contributed by atoms with E-state index >= 15 is 0 Å². The van der Waals surface area contributed by atoms with E-state index in [-0.39, 0.29) is 35.3 Å². The third-order valence-electron chi connectivity index (χ3n) is 3.35. The highest BCUT2D eigenvalue weighted by Crippen LogP contribution is 2.22. The lowest BCUT2D eigenvalue weighted by Crippen LogP contribution is -2.08. The number of nitro benzene ring substituents is 1. The molecule has 0 bridgehead atoms. The summed E-state index contributed by atoms with van der Waals surface area (Å²) in [6.07, 6.45) is 0. The second kappa shape index (κ2) is 7.19. The van der Waals surface area contributed by atoms with Crippen molar-refractivity contribution in [3.05, 3.63) is 69.1 Å². The van der Waals surface area contributed by atoms with Gasteiger partial charge in [0.05, 0.1) is 16.2 Å². The highest BCUT2D eigenvalue weighted by atomic mass is 35.5. The van der Waals surface area contributed by atoms with Gasteiger partial charge in [-0.05, 0) is 30.3 Å². The Bertz CT molecular complexity index is 971. The Labute approximate surface area is 151 Å². The van der Waals surface area contributed by atoms with Gasteiger partial charge in [0.1, 0.15) is 0 Å². The fourth-order valence-electron chi connectivity index (χ4n) is 2.08. The van der Waals surface area contributed by atoms with Gasteiger partial charge in [-0.1, -0.05) is 11.6 Å². The van der Waals surface area contributed by atoms with Crippen LogP contribution in [0.3, 0.4) is 0 Å². The maximum atomic E-state index is 12.1. The van der Waals surface area contributed by atoms with Crippen molar-refractivity contribution < 1.29 is 18.9 Å². The van der Waals surface area contributed by atoms with E-state index in [0.717, 1.165) is 12.1 Å². The summed E-state index contributed by atoms with van der Waals surface area (Å²) in [6, 6.07) is 10.3. The molecule has 3 aromatic rings. The number of halogens is 1.